The molecule has 5 aromatic rings. The second-order valence-electron chi connectivity index (χ2n) is 8.77. The van der Waals surface area contributed by atoms with Crippen LogP contribution in [0.25, 0.3) is 28.1 Å². The molecule has 6 rings (SSSR count). The van der Waals surface area contributed by atoms with Crippen molar-refractivity contribution in [1.29, 1.82) is 0 Å². The molecule has 0 spiro atoms. The van der Waals surface area contributed by atoms with E-state index in [1.807, 2.05) is 0 Å². The average molecular weight is 524 g/mol. The summed E-state index contributed by atoms with van der Waals surface area (Å²) in [5, 5.41) is 13.8. The molecular weight excluding hydrogens is 505 g/mol. The first-order valence-corrected chi connectivity index (χ1v) is 11.4. The van der Waals surface area contributed by atoms with Crippen LogP contribution in [0.5, 0.6) is 0 Å². The Morgan fingerprint density at radius 2 is 2.03 bits per heavy atom. The lowest BCUT2D eigenvalue weighted by Crippen LogP contribution is -2.28. The molecule has 12 nitrogen and oxygen atoms in total. The van der Waals surface area contributed by atoms with Crippen LogP contribution in [0.2, 0.25) is 0 Å². The van der Waals surface area contributed by atoms with E-state index in [1.165, 1.54) is 6.33 Å². The highest BCUT2D eigenvalue weighted by Crippen LogP contribution is 2.59. The molecule has 38 heavy (non-hydrogen) atoms. The number of hydrogen-bond acceptors (Lipinski definition) is 8. The molecule has 5 aromatic heterocycles. The van der Waals surface area contributed by atoms with Gasteiger partial charge in [-0.3, -0.25) is 9.72 Å². The van der Waals surface area contributed by atoms with Gasteiger partial charge in [-0.05, 0) is 25.0 Å². The van der Waals surface area contributed by atoms with E-state index in [9.17, 15) is 18.0 Å². The van der Waals surface area contributed by atoms with Crippen LogP contribution < -0.4 is 16.4 Å². The summed E-state index contributed by atoms with van der Waals surface area (Å²) >= 11 is 0. The van der Waals surface area contributed by atoms with Gasteiger partial charge in [-0.15, -0.1) is 6.58 Å². The van der Waals surface area contributed by atoms with Gasteiger partial charge in [0.1, 0.15) is 23.3 Å². The number of allylic oxidation sites excluding steroid dienone is 1. The van der Waals surface area contributed by atoms with E-state index >= 15 is 0 Å². The van der Waals surface area contributed by atoms with Gasteiger partial charge in [0.2, 0.25) is 0 Å². The molecule has 15 heteroatoms. The highest BCUT2D eigenvalue weighted by molar-refractivity contribution is 6.02. The first-order valence-electron chi connectivity index (χ1n) is 11.4. The number of rotatable bonds is 6. The molecule has 0 atom stereocenters. The molecule has 0 saturated heterocycles. The van der Waals surface area contributed by atoms with Crippen molar-refractivity contribution < 1.29 is 22.5 Å². The first-order chi connectivity index (χ1) is 18.2. The van der Waals surface area contributed by atoms with Gasteiger partial charge < -0.3 is 15.6 Å². The third-order valence-electron chi connectivity index (χ3n) is 6.42. The van der Waals surface area contributed by atoms with Crippen molar-refractivity contribution in [3.05, 3.63) is 55.3 Å². The summed E-state index contributed by atoms with van der Waals surface area (Å²) in [6.45, 7) is 4.14. The van der Waals surface area contributed by atoms with Crippen molar-refractivity contribution in [2.24, 2.45) is 0 Å². The number of alkyl halides is 3. The Kier molecular flexibility index (Phi) is 5.12. The van der Waals surface area contributed by atoms with Crippen LogP contribution in [0.1, 0.15) is 18.6 Å². The maximum Gasteiger partial charge on any atom is 0.401 e. The van der Waals surface area contributed by atoms with Crippen molar-refractivity contribution in [3.8, 4) is 11.4 Å². The van der Waals surface area contributed by atoms with Crippen LogP contribution >= 0.6 is 0 Å². The number of nitrogens with zero attached hydrogens (tertiary/aromatic N) is 7. The molecule has 0 aliphatic heterocycles. The van der Waals surface area contributed by atoms with Crippen molar-refractivity contribution in [3.63, 3.8) is 0 Å². The number of nitrogen functional groups attached to an aromatic ring is 1. The number of pyridine rings is 1. The molecular formula is C23H19F3N10O2. The minimum atomic E-state index is -4.45. The molecule has 4 N–H and O–H groups in total. The number of carbonyl (C=O) groups is 1. The largest absolute Gasteiger partial charge is 0.401 e. The Morgan fingerprint density at radius 3 is 2.76 bits per heavy atom. The number of aromatic nitrogens is 7. The van der Waals surface area contributed by atoms with Crippen LogP contribution in [0, 0.1) is 0 Å². The number of imidazole rings is 1. The predicted molar refractivity (Wildman–Crippen MR) is 130 cm³/mol. The maximum absolute atomic E-state index is 13.3. The predicted octanol–water partition coefficient (Wildman–Crippen LogP) is 4.14. The number of anilines is 3. The zero-order chi connectivity index (χ0) is 26.7. The number of urea groups is 1. The zero-order valence-electron chi connectivity index (χ0n) is 19.5. The third-order valence-corrected chi connectivity index (χ3v) is 6.42. The first kappa shape index (κ1) is 23.4. The maximum atomic E-state index is 13.3. The van der Waals surface area contributed by atoms with Crippen molar-refractivity contribution in [2.75, 3.05) is 16.4 Å². The van der Waals surface area contributed by atoms with E-state index in [1.54, 1.807) is 39.7 Å². The van der Waals surface area contributed by atoms with E-state index in [4.69, 9.17) is 10.3 Å². The minimum Gasteiger partial charge on any atom is -0.383 e. The summed E-state index contributed by atoms with van der Waals surface area (Å²) in [7, 11) is 0. The number of fused-ring (bicyclic) bond motifs is 2. The van der Waals surface area contributed by atoms with Crippen LogP contribution in [0.3, 0.4) is 0 Å². The van der Waals surface area contributed by atoms with Gasteiger partial charge in [0.05, 0.1) is 23.3 Å². The topological polar surface area (TPSA) is 154 Å². The molecule has 194 valence electrons. The number of carbonyl (C=O) groups excluding carboxylic acids is 1. The second kappa shape index (κ2) is 8.29. The van der Waals surface area contributed by atoms with E-state index in [0.717, 1.165) is 6.07 Å². The molecule has 0 aromatic carbocycles. The van der Waals surface area contributed by atoms with Crippen LogP contribution in [0.4, 0.5) is 35.3 Å². The Morgan fingerprint density at radius 1 is 1.21 bits per heavy atom. The number of amides is 2. The molecule has 0 unspecified atom stereocenters. The van der Waals surface area contributed by atoms with Gasteiger partial charge in [0.25, 0.3) is 0 Å². The molecule has 1 saturated carbocycles. The van der Waals surface area contributed by atoms with Crippen molar-refractivity contribution in [2.45, 2.75) is 31.0 Å². The van der Waals surface area contributed by atoms with Crippen LogP contribution in [-0.2, 0) is 12.0 Å². The minimum absolute atomic E-state index is 0.0829. The van der Waals surface area contributed by atoms with E-state index < -0.39 is 17.6 Å². The Bertz CT molecular complexity index is 1710. The van der Waals surface area contributed by atoms with Crippen LogP contribution in [-0.4, -0.2) is 46.5 Å². The molecule has 2 amide bonds. The lowest BCUT2D eigenvalue weighted by Gasteiger charge is -2.15. The van der Waals surface area contributed by atoms with E-state index in [-0.39, 0.29) is 30.2 Å². The molecule has 0 radical (unpaired) electrons. The SMILES string of the molecule is C=CCn1nc(-c2ccc(NC(=O)Nc3cc(C4(C(F)(F)F)CC4)on3)c3nccn23)c2c(N)ncnc21. The Labute approximate surface area is 211 Å². The Balaban J connectivity index is 1.29. The number of nitrogens with two attached hydrogens (primary N) is 1. The molecule has 1 fully saturated rings. The fraction of sp³-hybridized carbons (Fsp3) is 0.217. The molecule has 5 heterocycles. The smallest absolute Gasteiger partial charge is 0.383 e. The van der Waals surface area contributed by atoms with E-state index in [2.05, 4.69) is 42.4 Å². The van der Waals surface area contributed by atoms with E-state index in [0.29, 0.717) is 40.3 Å². The van der Waals surface area contributed by atoms with Gasteiger partial charge in [0, 0.05) is 18.5 Å². The van der Waals surface area contributed by atoms with Crippen molar-refractivity contribution in [1.82, 2.24) is 34.3 Å². The quantitative estimate of drug-likeness (QED) is 0.280. The third kappa shape index (κ3) is 3.62. The number of hydrogen-bond donors (Lipinski definition) is 3. The van der Waals surface area contributed by atoms with Gasteiger partial charge in [-0.1, -0.05) is 11.2 Å². The highest BCUT2D eigenvalue weighted by atomic mass is 19.4. The summed E-state index contributed by atoms with van der Waals surface area (Å²) in [5.41, 5.74) is 6.48. The molecule has 0 bridgehead atoms. The average Bonchev–Trinajstić information content (AvgIpc) is 3.18. The van der Waals surface area contributed by atoms with Gasteiger partial charge in [-0.25, -0.2) is 24.4 Å². The fourth-order valence-electron chi connectivity index (χ4n) is 4.39. The van der Waals surface area contributed by atoms with Gasteiger partial charge in [-0.2, -0.15) is 18.3 Å². The summed E-state index contributed by atoms with van der Waals surface area (Å²) in [6, 6.07) is 3.68. The lowest BCUT2D eigenvalue weighted by atomic mass is 10.0. The van der Waals surface area contributed by atoms with Crippen LogP contribution in [0.15, 0.2) is 54.1 Å². The summed E-state index contributed by atoms with van der Waals surface area (Å²) < 4.78 is 48.3. The number of halogens is 3. The van der Waals surface area contributed by atoms with Gasteiger partial charge in [0.15, 0.2) is 22.9 Å². The number of nitrogens with one attached hydrogen (secondary N) is 2. The second-order valence-corrected chi connectivity index (χ2v) is 8.77. The van der Waals surface area contributed by atoms with Gasteiger partial charge >= 0.3 is 12.2 Å². The summed E-state index contributed by atoms with van der Waals surface area (Å²) in [5.74, 6) is -0.217. The fourth-order valence-corrected chi connectivity index (χ4v) is 4.39. The highest BCUT2D eigenvalue weighted by Gasteiger charge is 2.66. The summed E-state index contributed by atoms with van der Waals surface area (Å²) in [4.78, 5) is 25.4. The molecule has 1 aliphatic rings. The standard InChI is InChI=1S/C23H19F3N10O2/c1-2-8-36-20-16(18(27)29-11-30-20)17(33-36)13-4-3-12(19-28-7-9-35(13)19)31-21(37)32-15-10-14(38-34-15)22(5-6-22)23(24,25)26/h2-4,7,9-11H,1,5-6,8H2,(H2,27,29,30)(H2,31,32,34,37). The molecule has 1 aliphatic carbocycles. The normalized spacial score (nSPS) is 14.6. The lowest BCUT2D eigenvalue weighted by molar-refractivity contribution is -0.165. The summed E-state index contributed by atoms with van der Waals surface area (Å²) in [6.07, 6.45) is 1.64. The van der Waals surface area contributed by atoms with Crippen molar-refractivity contribution >= 4 is 40.0 Å². The Hall–Kier alpha value is -4.95. The zero-order valence-corrected chi connectivity index (χ0v) is 19.5. The monoisotopic (exact) mass is 524 g/mol.